The molecule has 0 aliphatic carbocycles. The maximum absolute atomic E-state index is 8.82. The van der Waals surface area contributed by atoms with Crippen molar-refractivity contribution in [1.29, 1.82) is 0 Å². The largest absolute Gasteiger partial charge is 0.497 e. The lowest BCUT2D eigenvalue weighted by atomic mass is 9.94. The second-order valence-electron chi connectivity index (χ2n) is 4.96. The van der Waals surface area contributed by atoms with Crippen molar-refractivity contribution in [2.45, 2.75) is 6.92 Å². The van der Waals surface area contributed by atoms with Gasteiger partial charge in [-0.05, 0) is 41.3 Å². The molecule has 0 aromatic heterocycles. The molecule has 2 aromatic carbocycles. The summed E-state index contributed by atoms with van der Waals surface area (Å²) < 4.78 is 10.7. The van der Waals surface area contributed by atoms with E-state index in [-0.39, 0.29) is 6.61 Å². The molecule has 3 nitrogen and oxygen atoms in total. The lowest BCUT2D eigenvalue weighted by Gasteiger charge is -2.13. The van der Waals surface area contributed by atoms with Gasteiger partial charge in [0, 0.05) is 0 Å². The standard InChI is InChI=1S/C19H22O3/c1-15-6-3-4-9-18(15)19(10-12-22-13-11-20)16-7-5-8-17(14-16)21-2/h3-10,14,20H,11-13H2,1-2H3. The van der Waals surface area contributed by atoms with Crippen molar-refractivity contribution in [3.8, 4) is 5.75 Å². The van der Waals surface area contributed by atoms with Crippen LogP contribution < -0.4 is 4.74 Å². The molecule has 0 spiro atoms. The number of methoxy groups -OCH3 is 1. The minimum absolute atomic E-state index is 0.0344. The van der Waals surface area contributed by atoms with E-state index in [1.807, 2.05) is 36.4 Å². The van der Waals surface area contributed by atoms with Crippen LogP contribution in [-0.2, 0) is 4.74 Å². The van der Waals surface area contributed by atoms with Crippen molar-refractivity contribution in [1.82, 2.24) is 0 Å². The number of aliphatic hydroxyl groups is 1. The Balaban J connectivity index is 2.38. The molecule has 0 heterocycles. The predicted molar refractivity (Wildman–Crippen MR) is 89.2 cm³/mol. The van der Waals surface area contributed by atoms with Crippen LogP contribution in [0.25, 0.3) is 5.57 Å². The van der Waals surface area contributed by atoms with Gasteiger partial charge in [-0.2, -0.15) is 0 Å². The van der Waals surface area contributed by atoms with E-state index in [4.69, 9.17) is 14.6 Å². The molecule has 0 radical (unpaired) electrons. The van der Waals surface area contributed by atoms with Crippen LogP contribution in [-0.4, -0.2) is 32.0 Å². The van der Waals surface area contributed by atoms with Crippen LogP contribution in [0.3, 0.4) is 0 Å². The van der Waals surface area contributed by atoms with Gasteiger partial charge in [0.25, 0.3) is 0 Å². The van der Waals surface area contributed by atoms with Gasteiger partial charge < -0.3 is 14.6 Å². The summed E-state index contributed by atoms with van der Waals surface area (Å²) >= 11 is 0. The number of benzene rings is 2. The highest BCUT2D eigenvalue weighted by molar-refractivity contribution is 5.81. The summed E-state index contributed by atoms with van der Waals surface area (Å²) in [4.78, 5) is 0. The smallest absolute Gasteiger partial charge is 0.119 e. The predicted octanol–water partition coefficient (Wildman–Crippen LogP) is 3.44. The minimum Gasteiger partial charge on any atom is -0.497 e. The minimum atomic E-state index is 0.0344. The maximum atomic E-state index is 8.82. The topological polar surface area (TPSA) is 38.7 Å². The number of rotatable bonds is 7. The normalized spacial score (nSPS) is 11.5. The lowest BCUT2D eigenvalue weighted by Crippen LogP contribution is -2.00. The molecule has 0 unspecified atom stereocenters. The molecule has 1 N–H and O–H groups in total. The van der Waals surface area contributed by atoms with Gasteiger partial charge in [-0.25, -0.2) is 0 Å². The third kappa shape index (κ3) is 4.20. The van der Waals surface area contributed by atoms with Crippen LogP contribution in [0.4, 0.5) is 0 Å². The molecule has 0 amide bonds. The molecule has 3 heteroatoms. The summed E-state index contributed by atoms with van der Waals surface area (Å²) in [5.41, 5.74) is 4.57. The van der Waals surface area contributed by atoms with Crippen LogP contribution in [0.2, 0.25) is 0 Å². The van der Waals surface area contributed by atoms with E-state index in [2.05, 4.69) is 25.1 Å². The summed E-state index contributed by atoms with van der Waals surface area (Å²) in [5, 5.41) is 8.82. The van der Waals surface area contributed by atoms with E-state index < -0.39 is 0 Å². The van der Waals surface area contributed by atoms with Gasteiger partial charge in [-0.1, -0.05) is 42.5 Å². The molecule has 2 aromatic rings. The van der Waals surface area contributed by atoms with Crippen LogP contribution in [0.5, 0.6) is 5.75 Å². The third-order valence-corrected chi connectivity index (χ3v) is 3.46. The van der Waals surface area contributed by atoms with E-state index >= 15 is 0 Å². The molecule has 22 heavy (non-hydrogen) atoms. The summed E-state index contributed by atoms with van der Waals surface area (Å²) in [6.45, 7) is 2.93. The first-order valence-corrected chi connectivity index (χ1v) is 7.35. The van der Waals surface area contributed by atoms with Crippen molar-refractivity contribution >= 4 is 5.57 Å². The first-order valence-electron chi connectivity index (χ1n) is 7.35. The molecule has 0 saturated carbocycles. The molecule has 0 atom stereocenters. The van der Waals surface area contributed by atoms with E-state index in [0.29, 0.717) is 13.2 Å². The maximum Gasteiger partial charge on any atom is 0.119 e. The molecule has 0 saturated heterocycles. The average Bonchev–Trinajstić information content (AvgIpc) is 2.56. The highest BCUT2D eigenvalue weighted by atomic mass is 16.5. The molecular weight excluding hydrogens is 276 g/mol. The van der Waals surface area contributed by atoms with Crippen molar-refractivity contribution in [2.75, 3.05) is 26.9 Å². The fraction of sp³-hybridized carbons (Fsp3) is 0.263. The third-order valence-electron chi connectivity index (χ3n) is 3.46. The molecular formula is C19H22O3. The zero-order valence-corrected chi connectivity index (χ0v) is 13.1. The van der Waals surface area contributed by atoms with Gasteiger partial charge in [0.05, 0.1) is 26.9 Å². The van der Waals surface area contributed by atoms with Crippen LogP contribution in [0.15, 0.2) is 54.6 Å². The van der Waals surface area contributed by atoms with Gasteiger partial charge in [-0.15, -0.1) is 0 Å². The monoisotopic (exact) mass is 298 g/mol. The van der Waals surface area contributed by atoms with Gasteiger partial charge in [0.2, 0.25) is 0 Å². The van der Waals surface area contributed by atoms with Gasteiger partial charge in [0.15, 0.2) is 0 Å². The summed E-state index contributed by atoms with van der Waals surface area (Å²) in [6, 6.07) is 16.3. The van der Waals surface area contributed by atoms with Crippen molar-refractivity contribution in [3.63, 3.8) is 0 Å². The lowest BCUT2D eigenvalue weighted by molar-refractivity contribution is 0.112. The second kappa shape index (κ2) is 8.37. The SMILES string of the molecule is COc1cccc(C(=CCOCCO)c2ccccc2C)c1. The highest BCUT2D eigenvalue weighted by Crippen LogP contribution is 2.28. The Kier molecular flexibility index (Phi) is 6.19. The molecule has 116 valence electrons. The fourth-order valence-corrected chi connectivity index (χ4v) is 2.34. The number of aryl methyl sites for hydroxylation is 1. The van der Waals surface area contributed by atoms with E-state index in [1.165, 1.54) is 11.1 Å². The Morgan fingerprint density at radius 2 is 1.95 bits per heavy atom. The zero-order valence-electron chi connectivity index (χ0n) is 13.1. The summed E-state index contributed by atoms with van der Waals surface area (Å²) in [7, 11) is 1.67. The number of ether oxygens (including phenoxy) is 2. The molecule has 0 fully saturated rings. The Bertz CT molecular complexity index is 632. The van der Waals surface area contributed by atoms with E-state index in [1.54, 1.807) is 7.11 Å². The van der Waals surface area contributed by atoms with E-state index in [9.17, 15) is 0 Å². The quantitative estimate of drug-likeness (QED) is 0.796. The van der Waals surface area contributed by atoms with Gasteiger partial charge >= 0.3 is 0 Å². The fourth-order valence-electron chi connectivity index (χ4n) is 2.34. The first-order chi connectivity index (χ1) is 10.8. The van der Waals surface area contributed by atoms with Crippen molar-refractivity contribution < 1.29 is 14.6 Å². The molecule has 0 aliphatic heterocycles. The van der Waals surface area contributed by atoms with E-state index in [0.717, 1.165) is 16.9 Å². The first kappa shape index (κ1) is 16.3. The zero-order chi connectivity index (χ0) is 15.8. The number of aliphatic hydroxyl groups excluding tert-OH is 1. The molecule has 2 rings (SSSR count). The summed E-state index contributed by atoms with van der Waals surface area (Å²) in [6.07, 6.45) is 2.05. The van der Waals surface area contributed by atoms with Gasteiger partial charge in [-0.3, -0.25) is 0 Å². The molecule has 0 bridgehead atoms. The van der Waals surface area contributed by atoms with Crippen LogP contribution >= 0.6 is 0 Å². The second-order valence-corrected chi connectivity index (χ2v) is 4.96. The molecule has 0 aliphatic rings. The summed E-state index contributed by atoms with van der Waals surface area (Å²) in [5.74, 6) is 0.827. The van der Waals surface area contributed by atoms with Crippen LogP contribution in [0.1, 0.15) is 16.7 Å². The van der Waals surface area contributed by atoms with Crippen molar-refractivity contribution in [3.05, 3.63) is 71.3 Å². The highest BCUT2D eigenvalue weighted by Gasteiger charge is 2.08. The van der Waals surface area contributed by atoms with Crippen molar-refractivity contribution in [2.24, 2.45) is 0 Å². The average molecular weight is 298 g/mol. The Morgan fingerprint density at radius 3 is 2.68 bits per heavy atom. The van der Waals surface area contributed by atoms with Crippen LogP contribution in [0, 0.1) is 6.92 Å². The Hall–Kier alpha value is -2.10. The number of hydrogen-bond donors (Lipinski definition) is 1. The Labute approximate surface area is 131 Å². The Morgan fingerprint density at radius 1 is 1.14 bits per heavy atom. The van der Waals surface area contributed by atoms with Gasteiger partial charge in [0.1, 0.15) is 5.75 Å². The number of hydrogen-bond acceptors (Lipinski definition) is 3.